The Labute approximate surface area is 140 Å². The van der Waals surface area contributed by atoms with E-state index in [9.17, 15) is 4.79 Å². The number of nitrogens with one attached hydrogen (secondary N) is 2. The minimum absolute atomic E-state index is 0.0230. The van der Waals surface area contributed by atoms with E-state index >= 15 is 0 Å². The molecule has 1 saturated heterocycles. The van der Waals surface area contributed by atoms with E-state index in [2.05, 4.69) is 20.5 Å². The van der Waals surface area contributed by atoms with Crippen molar-refractivity contribution in [1.82, 2.24) is 25.4 Å². The van der Waals surface area contributed by atoms with Crippen LogP contribution in [-0.2, 0) is 6.42 Å². The third-order valence-electron chi connectivity index (χ3n) is 4.30. The molecule has 7 heteroatoms. The number of amides is 2. The highest BCUT2D eigenvalue weighted by Crippen LogP contribution is 2.30. The van der Waals surface area contributed by atoms with Crippen molar-refractivity contribution >= 4 is 17.4 Å². The molecule has 2 amide bonds. The Hall–Kier alpha value is -1.89. The largest absolute Gasteiger partial charge is 0.338 e. The van der Waals surface area contributed by atoms with Crippen LogP contribution in [0.2, 0.25) is 0 Å². The van der Waals surface area contributed by atoms with Gasteiger partial charge in [-0.05, 0) is 33.1 Å². The third kappa shape index (κ3) is 3.72. The summed E-state index contributed by atoms with van der Waals surface area (Å²) < 4.78 is 0. The molecule has 124 valence electrons. The number of nitrogens with zero attached hydrogens (tertiary/aromatic N) is 3. The highest BCUT2D eigenvalue weighted by Gasteiger charge is 2.28. The molecule has 0 unspecified atom stereocenters. The number of hydrogen-bond acceptors (Lipinski definition) is 4. The molecule has 2 N–H and O–H groups in total. The zero-order valence-electron chi connectivity index (χ0n) is 13.6. The second kappa shape index (κ2) is 7.12. The van der Waals surface area contributed by atoms with Crippen LogP contribution in [0.1, 0.15) is 46.4 Å². The zero-order chi connectivity index (χ0) is 16.2. The van der Waals surface area contributed by atoms with E-state index in [1.807, 2.05) is 31.1 Å². The molecule has 1 atom stereocenters. The molecule has 0 aliphatic carbocycles. The summed E-state index contributed by atoms with van der Waals surface area (Å²) in [6.07, 6.45) is 7.76. The number of H-pyrrole nitrogens is 1. The fourth-order valence-electron chi connectivity index (χ4n) is 3.15. The van der Waals surface area contributed by atoms with Gasteiger partial charge in [0.25, 0.3) is 0 Å². The molecular formula is C16H23N5OS. The second-order valence-corrected chi connectivity index (χ2v) is 7.25. The van der Waals surface area contributed by atoms with Gasteiger partial charge in [-0.2, -0.15) is 5.10 Å². The van der Waals surface area contributed by atoms with E-state index in [-0.39, 0.29) is 12.1 Å². The van der Waals surface area contributed by atoms with Gasteiger partial charge < -0.3 is 10.2 Å². The first-order valence-electron chi connectivity index (χ1n) is 8.11. The fraction of sp³-hybridized carbons (Fsp3) is 0.562. The van der Waals surface area contributed by atoms with Crippen molar-refractivity contribution in [1.29, 1.82) is 0 Å². The van der Waals surface area contributed by atoms with Crippen LogP contribution < -0.4 is 5.32 Å². The van der Waals surface area contributed by atoms with Gasteiger partial charge in [-0.1, -0.05) is 0 Å². The van der Waals surface area contributed by atoms with Crippen molar-refractivity contribution < 1.29 is 4.79 Å². The van der Waals surface area contributed by atoms with E-state index in [1.165, 1.54) is 4.88 Å². The molecule has 2 aromatic heterocycles. The Morgan fingerprint density at radius 2 is 2.35 bits per heavy atom. The van der Waals surface area contributed by atoms with Gasteiger partial charge >= 0.3 is 6.03 Å². The van der Waals surface area contributed by atoms with E-state index in [0.29, 0.717) is 6.54 Å². The average Bonchev–Trinajstić information content (AvgIpc) is 3.17. The summed E-state index contributed by atoms with van der Waals surface area (Å²) in [5.74, 6) is 0. The van der Waals surface area contributed by atoms with Crippen molar-refractivity contribution in [2.75, 3.05) is 13.1 Å². The summed E-state index contributed by atoms with van der Waals surface area (Å²) in [7, 11) is 0. The molecule has 3 heterocycles. The summed E-state index contributed by atoms with van der Waals surface area (Å²) in [5.41, 5.74) is 2.17. The average molecular weight is 333 g/mol. The van der Waals surface area contributed by atoms with Crippen LogP contribution in [0.25, 0.3) is 0 Å². The van der Waals surface area contributed by atoms with E-state index in [4.69, 9.17) is 0 Å². The van der Waals surface area contributed by atoms with E-state index < -0.39 is 0 Å². The number of carbonyl (C=O) groups is 1. The number of urea groups is 1. The fourth-order valence-corrected chi connectivity index (χ4v) is 4.09. The molecule has 1 fully saturated rings. The topological polar surface area (TPSA) is 73.9 Å². The maximum absolute atomic E-state index is 12.6. The number of piperidine rings is 1. The smallest absolute Gasteiger partial charge is 0.317 e. The van der Waals surface area contributed by atoms with Crippen molar-refractivity contribution in [3.63, 3.8) is 0 Å². The number of thiazole rings is 1. The summed E-state index contributed by atoms with van der Waals surface area (Å²) in [4.78, 5) is 20.2. The summed E-state index contributed by atoms with van der Waals surface area (Å²) >= 11 is 1.71. The normalized spacial score (nSPS) is 18.2. The monoisotopic (exact) mass is 333 g/mol. The third-order valence-corrected chi connectivity index (χ3v) is 5.43. The Morgan fingerprint density at radius 1 is 1.48 bits per heavy atom. The van der Waals surface area contributed by atoms with Gasteiger partial charge in [0.05, 0.1) is 22.9 Å². The summed E-state index contributed by atoms with van der Waals surface area (Å²) in [6.45, 7) is 5.50. The van der Waals surface area contributed by atoms with Crippen molar-refractivity contribution in [3.05, 3.63) is 33.5 Å². The molecule has 1 aliphatic heterocycles. The second-order valence-electron chi connectivity index (χ2n) is 5.96. The maximum Gasteiger partial charge on any atom is 0.317 e. The van der Waals surface area contributed by atoms with Crippen molar-refractivity contribution in [2.45, 2.75) is 45.6 Å². The Balaban J connectivity index is 1.57. The number of rotatable bonds is 4. The molecule has 23 heavy (non-hydrogen) atoms. The summed E-state index contributed by atoms with van der Waals surface area (Å²) in [6, 6.07) is 0.157. The van der Waals surface area contributed by atoms with Crippen LogP contribution in [0.5, 0.6) is 0 Å². The number of aromatic nitrogens is 3. The van der Waals surface area contributed by atoms with Crippen molar-refractivity contribution in [2.24, 2.45) is 0 Å². The van der Waals surface area contributed by atoms with Crippen LogP contribution in [0.15, 0.2) is 12.4 Å². The zero-order valence-corrected chi connectivity index (χ0v) is 14.4. The molecule has 0 radical (unpaired) electrons. The number of hydrogen-bond donors (Lipinski definition) is 2. The first-order chi connectivity index (χ1) is 11.1. The number of carbonyl (C=O) groups excluding carboxylic acids is 1. The SMILES string of the molecule is Cc1nc(C)c(CCNC(=O)N2CCCC[C@@H]2c2cn[nH]c2)s1. The van der Waals surface area contributed by atoms with Crippen LogP contribution >= 0.6 is 11.3 Å². The minimum atomic E-state index is 0.0230. The number of likely N-dealkylation sites (tertiary alicyclic amines) is 1. The molecule has 6 nitrogen and oxygen atoms in total. The molecule has 0 spiro atoms. The van der Waals surface area contributed by atoms with Gasteiger partial charge in [-0.15, -0.1) is 11.3 Å². The van der Waals surface area contributed by atoms with Crippen LogP contribution in [0.4, 0.5) is 4.79 Å². The van der Waals surface area contributed by atoms with Gasteiger partial charge in [0, 0.05) is 36.1 Å². The van der Waals surface area contributed by atoms with Crippen LogP contribution in [0.3, 0.4) is 0 Å². The minimum Gasteiger partial charge on any atom is -0.338 e. The molecule has 2 aromatic rings. The Bertz CT molecular complexity index is 651. The number of aryl methyl sites for hydroxylation is 2. The molecule has 3 rings (SSSR count). The lowest BCUT2D eigenvalue weighted by atomic mass is 9.98. The van der Waals surface area contributed by atoms with E-state index in [1.54, 1.807) is 11.3 Å². The predicted molar refractivity (Wildman–Crippen MR) is 90.6 cm³/mol. The van der Waals surface area contributed by atoms with Gasteiger partial charge in [-0.25, -0.2) is 9.78 Å². The lowest BCUT2D eigenvalue weighted by Crippen LogP contribution is -2.45. The standard InChI is InChI=1S/C16H23N5OS/c1-11-15(23-12(2)20-11)6-7-17-16(22)21-8-4-3-5-14(21)13-9-18-19-10-13/h9-10,14H,3-8H2,1-2H3,(H,17,22)(H,18,19)/t14-/m1/s1. The van der Waals surface area contributed by atoms with Crippen molar-refractivity contribution in [3.8, 4) is 0 Å². The Morgan fingerprint density at radius 3 is 3.04 bits per heavy atom. The highest BCUT2D eigenvalue weighted by atomic mass is 32.1. The molecule has 0 aromatic carbocycles. The first kappa shape index (κ1) is 16.0. The van der Waals surface area contributed by atoms with Gasteiger partial charge in [0.1, 0.15) is 0 Å². The predicted octanol–water partition coefficient (Wildman–Crippen LogP) is 2.96. The molecule has 1 aliphatic rings. The lowest BCUT2D eigenvalue weighted by Gasteiger charge is -2.35. The molecule has 0 bridgehead atoms. The Kier molecular flexibility index (Phi) is 4.95. The van der Waals surface area contributed by atoms with Gasteiger partial charge in [-0.3, -0.25) is 5.10 Å². The summed E-state index contributed by atoms with van der Waals surface area (Å²) in [5, 5.41) is 11.0. The lowest BCUT2D eigenvalue weighted by molar-refractivity contribution is 0.151. The van der Waals surface area contributed by atoms with Gasteiger partial charge in [0.15, 0.2) is 0 Å². The highest BCUT2D eigenvalue weighted by molar-refractivity contribution is 7.11. The van der Waals surface area contributed by atoms with E-state index in [0.717, 1.165) is 48.5 Å². The quantitative estimate of drug-likeness (QED) is 0.903. The van der Waals surface area contributed by atoms with Crippen LogP contribution in [-0.4, -0.2) is 39.2 Å². The number of aromatic amines is 1. The van der Waals surface area contributed by atoms with Crippen LogP contribution in [0, 0.1) is 13.8 Å². The molecular weight excluding hydrogens is 310 g/mol. The first-order valence-corrected chi connectivity index (χ1v) is 8.93. The maximum atomic E-state index is 12.6. The molecule has 0 saturated carbocycles. The van der Waals surface area contributed by atoms with Gasteiger partial charge in [0.2, 0.25) is 0 Å².